The molecule has 2 heterocycles. The molecule has 4 heteroatoms. The fraction of sp³-hybridized carbons (Fsp3) is 0.929. The van der Waals surface area contributed by atoms with Crippen LogP contribution >= 0.6 is 12.4 Å². The van der Waals surface area contributed by atoms with Crippen molar-refractivity contribution in [1.82, 2.24) is 10.2 Å². The first-order valence-corrected chi connectivity index (χ1v) is 7.30. The summed E-state index contributed by atoms with van der Waals surface area (Å²) in [5.74, 6) is 1.22. The molecule has 2 rings (SSSR count). The fourth-order valence-electron chi connectivity index (χ4n) is 3.09. The summed E-state index contributed by atoms with van der Waals surface area (Å²) < 4.78 is 0. The van der Waals surface area contributed by atoms with E-state index in [1.54, 1.807) is 0 Å². The van der Waals surface area contributed by atoms with E-state index in [0.717, 1.165) is 32.0 Å². The van der Waals surface area contributed by atoms with E-state index in [-0.39, 0.29) is 12.4 Å². The third kappa shape index (κ3) is 4.43. The Balaban J connectivity index is 0.00000162. The molecule has 0 aliphatic carbocycles. The number of likely N-dealkylation sites (tertiary alicyclic amines) is 1. The van der Waals surface area contributed by atoms with Crippen LogP contribution in [0.15, 0.2) is 0 Å². The minimum absolute atomic E-state index is 0. The molecule has 0 aromatic heterocycles. The van der Waals surface area contributed by atoms with Gasteiger partial charge in [0.25, 0.3) is 0 Å². The van der Waals surface area contributed by atoms with Crippen LogP contribution in [-0.4, -0.2) is 36.5 Å². The third-order valence-corrected chi connectivity index (χ3v) is 4.36. The summed E-state index contributed by atoms with van der Waals surface area (Å²) in [4.78, 5) is 14.3. The van der Waals surface area contributed by atoms with Gasteiger partial charge < -0.3 is 10.2 Å². The summed E-state index contributed by atoms with van der Waals surface area (Å²) in [6.45, 7) is 5.34. The molecule has 106 valence electrons. The zero-order valence-electron chi connectivity index (χ0n) is 11.5. The molecular weight excluding hydrogens is 248 g/mol. The van der Waals surface area contributed by atoms with Crippen molar-refractivity contribution in [3.8, 4) is 0 Å². The molecule has 3 nitrogen and oxygen atoms in total. The summed E-state index contributed by atoms with van der Waals surface area (Å²) in [6, 6.07) is 0.452. The average Bonchev–Trinajstić information content (AvgIpc) is 2.71. The molecule has 2 saturated heterocycles. The second-order valence-corrected chi connectivity index (χ2v) is 5.58. The lowest BCUT2D eigenvalue weighted by atomic mass is 9.98. The van der Waals surface area contributed by atoms with Gasteiger partial charge in [-0.15, -0.1) is 12.4 Å². The standard InChI is InChI=1S/C14H26N2O.ClH/c1-2-12-5-4-9-16(10-7-12)14(17)11-13-6-3-8-15-13;/h12-13,15H,2-11H2,1H3;1H. The van der Waals surface area contributed by atoms with Crippen molar-refractivity contribution in [3.05, 3.63) is 0 Å². The van der Waals surface area contributed by atoms with Crippen molar-refractivity contribution in [2.24, 2.45) is 5.92 Å². The molecule has 2 aliphatic heterocycles. The first-order valence-electron chi connectivity index (χ1n) is 7.30. The molecule has 2 fully saturated rings. The van der Waals surface area contributed by atoms with Crippen LogP contribution < -0.4 is 5.32 Å². The van der Waals surface area contributed by atoms with Gasteiger partial charge >= 0.3 is 0 Å². The maximum absolute atomic E-state index is 12.2. The molecule has 0 aromatic carbocycles. The number of hydrogen-bond donors (Lipinski definition) is 1. The number of hydrogen-bond acceptors (Lipinski definition) is 2. The molecule has 0 saturated carbocycles. The Morgan fingerprint density at radius 3 is 2.72 bits per heavy atom. The normalized spacial score (nSPS) is 28.6. The Labute approximate surface area is 117 Å². The smallest absolute Gasteiger partial charge is 0.224 e. The second kappa shape index (κ2) is 8.00. The van der Waals surface area contributed by atoms with E-state index < -0.39 is 0 Å². The van der Waals surface area contributed by atoms with Crippen LogP contribution in [0.4, 0.5) is 0 Å². The predicted octanol–water partition coefficient (Wildman–Crippen LogP) is 2.59. The van der Waals surface area contributed by atoms with Crippen molar-refractivity contribution in [1.29, 1.82) is 0 Å². The first kappa shape index (κ1) is 15.8. The molecular formula is C14H27ClN2O. The van der Waals surface area contributed by atoms with Crippen molar-refractivity contribution in [2.45, 2.75) is 57.9 Å². The molecule has 1 N–H and O–H groups in total. The molecule has 2 atom stereocenters. The van der Waals surface area contributed by atoms with Gasteiger partial charge in [0, 0.05) is 25.6 Å². The number of nitrogens with zero attached hydrogens (tertiary/aromatic N) is 1. The van der Waals surface area contributed by atoms with Crippen LogP contribution in [0.25, 0.3) is 0 Å². The van der Waals surface area contributed by atoms with Crippen molar-refractivity contribution in [2.75, 3.05) is 19.6 Å². The number of rotatable bonds is 3. The van der Waals surface area contributed by atoms with E-state index in [2.05, 4.69) is 17.1 Å². The summed E-state index contributed by atoms with van der Waals surface area (Å²) >= 11 is 0. The van der Waals surface area contributed by atoms with E-state index in [1.807, 2.05) is 0 Å². The second-order valence-electron chi connectivity index (χ2n) is 5.58. The highest BCUT2D eigenvalue weighted by molar-refractivity contribution is 5.85. The molecule has 1 amide bonds. The van der Waals surface area contributed by atoms with Gasteiger partial charge in [-0.3, -0.25) is 4.79 Å². The first-order chi connectivity index (χ1) is 8.29. The minimum Gasteiger partial charge on any atom is -0.343 e. The fourth-order valence-corrected chi connectivity index (χ4v) is 3.09. The van der Waals surface area contributed by atoms with Crippen molar-refractivity contribution < 1.29 is 4.79 Å². The monoisotopic (exact) mass is 274 g/mol. The van der Waals surface area contributed by atoms with Gasteiger partial charge in [0.05, 0.1) is 0 Å². The third-order valence-electron chi connectivity index (χ3n) is 4.36. The quantitative estimate of drug-likeness (QED) is 0.858. The number of carbonyl (C=O) groups excluding carboxylic acids is 1. The Kier molecular flexibility index (Phi) is 7.02. The Hall–Kier alpha value is -0.280. The highest BCUT2D eigenvalue weighted by atomic mass is 35.5. The Morgan fingerprint density at radius 2 is 2.06 bits per heavy atom. The van der Waals surface area contributed by atoms with E-state index in [4.69, 9.17) is 0 Å². The highest BCUT2D eigenvalue weighted by Crippen LogP contribution is 2.21. The van der Waals surface area contributed by atoms with Gasteiger partial charge in [0.15, 0.2) is 0 Å². The molecule has 2 unspecified atom stereocenters. The minimum atomic E-state index is 0. The summed E-state index contributed by atoms with van der Waals surface area (Å²) in [7, 11) is 0. The van der Waals surface area contributed by atoms with Gasteiger partial charge in [-0.2, -0.15) is 0 Å². The summed E-state index contributed by atoms with van der Waals surface area (Å²) in [6.07, 6.45) is 8.11. The zero-order valence-corrected chi connectivity index (χ0v) is 12.3. The number of amides is 1. The van der Waals surface area contributed by atoms with Gasteiger partial charge in [-0.25, -0.2) is 0 Å². The predicted molar refractivity (Wildman–Crippen MR) is 77.1 cm³/mol. The molecule has 0 bridgehead atoms. The summed E-state index contributed by atoms with van der Waals surface area (Å²) in [5.41, 5.74) is 0. The molecule has 18 heavy (non-hydrogen) atoms. The van der Waals surface area contributed by atoms with E-state index in [1.165, 1.54) is 38.5 Å². The van der Waals surface area contributed by atoms with Gasteiger partial charge in [0.2, 0.25) is 5.91 Å². The average molecular weight is 275 g/mol. The molecule has 0 spiro atoms. The van der Waals surface area contributed by atoms with Crippen LogP contribution in [0.1, 0.15) is 51.9 Å². The van der Waals surface area contributed by atoms with Crippen LogP contribution in [0.3, 0.4) is 0 Å². The lowest BCUT2D eigenvalue weighted by Crippen LogP contribution is -2.36. The van der Waals surface area contributed by atoms with Crippen LogP contribution in [0.2, 0.25) is 0 Å². The largest absolute Gasteiger partial charge is 0.343 e. The highest BCUT2D eigenvalue weighted by Gasteiger charge is 2.23. The van der Waals surface area contributed by atoms with Gasteiger partial charge in [-0.1, -0.05) is 13.3 Å². The van der Waals surface area contributed by atoms with Crippen LogP contribution in [-0.2, 0) is 4.79 Å². The lowest BCUT2D eigenvalue weighted by molar-refractivity contribution is -0.131. The number of halogens is 1. The lowest BCUT2D eigenvalue weighted by Gasteiger charge is -2.22. The molecule has 0 aromatic rings. The maximum atomic E-state index is 12.2. The van der Waals surface area contributed by atoms with E-state index in [0.29, 0.717) is 11.9 Å². The molecule has 2 aliphatic rings. The summed E-state index contributed by atoms with van der Waals surface area (Å²) in [5, 5.41) is 3.41. The van der Waals surface area contributed by atoms with Crippen molar-refractivity contribution in [3.63, 3.8) is 0 Å². The van der Waals surface area contributed by atoms with Crippen LogP contribution in [0.5, 0.6) is 0 Å². The van der Waals surface area contributed by atoms with Crippen molar-refractivity contribution >= 4 is 18.3 Å². The topological polar surface area (TPSA) is 32.3 Å². The van der Waals surface area contributed by atoms with E-state index in [9.17, 15) is 4.79 Å². The van der Waals surface area contributed by atoms with Gasteiger partial charge in [0.1, 0.15) is 0 Å². The maximum Gasteiger partial charge on any atom is 0.224 e. The Bertz CT molecular complexity index is 254. The Morgan fingerprint density at radius 1 is 1.22 bits per heavy atom. The number of nitrogens with one attached hydrogen (secondary N) is 1. The molecule has 0 radical (unpaired) electrons. The van der Waals surface area contributed by atoms with Gasteiger partial charge in [-0.05, 0) is 44.6 Å². The van der Waals surface area contributed by atoms with E-state index >= 15 is 0 Å². The van der Waals surface area contributed by atoms with Crippen LogP contribution in [0, 0.1) is 5.92 Å². The SMILES string of the molecule is CCC1CCCN(C(=O)CC2CCCN2)CC1.Cl. The zero-order chi connectivity index (χ0) is 12.1. The number of carbonyl (C=O) groups is 1.